The monoisotopic (exact) mass is 247 g/mol. The van der Waals surface area contributed by atoms with Crippen LogP contribution in [0.25, 0.3) is 0 Å². The fourth-order valence-electron chi connectivity index (χ4n) is 2.20. The lowest BCUT2D eigenvalue weighted by Gasteiger charge is -2.16. The Hall–Kier alpha value is -0.0900. The summed E-state index contributed by atoms with van der Waals surface area (Å²) < 4.78 is 22.5. The number of nitrogens with one attached hydrogen (secondary N) is 1. The third-order valence-corrected chi connectivity index (χ3v) is 5.16. The molecule has 4 heteroatoms. The largest absolute Gasteiger partial charge is 0.314 e. The molecule has 0 aromatic rings. The molecule has 0 aromatic heterocycles. The summed E-state index contributed by atoms with van der Waals surface area (Å²) in [5.41, 5.74) is 0. The van der Waals surface area contributed by atoms with E-state index in [1.165, 1.54) is 25.7 Å². The maximum atomic E-state index is 11.3. The van der Waals surface area contributed by atoms with Crippen LogP contribution in [0.15, 0.2) is 0 Å². The molecule has 0 amide bonds. The van der Waals surface area contributed by atoms with Crippen molar-refractivity contribution in [2.75, 3.05) is 18.1 Å². The molecule has 2 unspecified atom stereocenters. The zero-order valence-corrected chi connectivity index (χ0v) is 11.4. The summed E-state index contributed by atoms with van der Waals surface area (Å²) in [6, 6.07) is 0.523. The van der Waals surface area contributed by atoms with Gasteiger partial charge < -0.3 is 5.32 Å². The summed E-state index contributed by atoms with van der Waals surface area (Å²) >= 11 is 0. The highest BCUT2D eigenvalue weighted by Crippen LogP contribution is 2.17. The maximum Gasteiger partial charge on any atom is 0.150 e. The van der Waals surface area contributed by atoms with E-state index in [2.05, 4.69) is 19.2 Å². The van der Waals surface area contributed by atoms with Crippen molar-refractivity contribution in [1.82, 2.24) is 5.32 Å². The predicted octanol–water partition coefficient (Wildman–Crippen LogP) is 1.98. The Morgan fingerprint density at radius 1 is 1.38 bits per heavy atom. The van der Waals surface area contributed by atoms with Crippen LogP contribution in [0.4, 0.5) is 0 Å². The SMILES string of the molecule is CCCCCC(C)NCC1CCS(=O)(=O)C1. The number of unbranched alkanes of at least 4 members (excludes halogenated alkanes) is 2. The molecule has 1 N–H and O–H groups in total. The zero-order valence-electron chi connectivity index (χ0n) is 10.5. The van der Waals surface area contributed by atoms with Crippen molar-refractivity contribution in [2.24, 2.45) is 5.92 Å². The van der Waals surface area contributed by atoms with Crippen molar-refractivity contribution in [3.63, 3.8) is 0 Å². The van der Waals surface area contributed by atoms with E-state index in [0.29, 0.717) is 23.5 Å². The van der Waals surface area contributed by atoms with Gasteiger partial charge in [-0.1, -0.05) is 26.2 Å². The lowest BCUT2D eigenvalue weighted by Crippen LogP contribution is -2.31. The van der Waals surface area contributed by atoms with Gasteiger partial charge in [0.05, 0.1) is 11.5 Å². The summed E-state index contributed by atoms with van der Waals surface area (Å²) in [5.74, 6) is 1.13. The molecule has 0 aliphatic carbocycles. The van der Waals surface area contributed by atoms with Crippen molar-refractivity contribution in [1.29, 1.82) is 0 Å². The molecule has 0 aromatic carbocycles. The lowest BCUT2D eigenvalue weighted by atomic mass is 10.1. The van der Waals surface area contributed by atoms with Crippen molar-refractivity contribution >= 4 is 9.84 Å². The molecule has 1 rings (SSSR count). The number of rotatable bonds is 7. The first-order chi connectivity index (χ1) is 7.53. The summed E-state index contributed by atoms with van der Waals surface area (Å²) in [4.78, 5) is 0. The highest BCUT2D eigenvalue weighted by Gasteiger charge is 2.27. The van der Waals surface area contributed by atoms with Crippen LogP contribution < -0.4 is 5.32 Å². The number of hydrogen-bond donors (Lipinski definition) is 1. The molecule has 0 spiro atoms. The van der Waals surface area contributed by atoms with E-state index in [1.54, 1.807) is 0 Å². The third kappa shape index (κ3) is 5.30. The Balaban J connectivity index is 2.10. The van der Waals surface area contributed by atoms with Gasteiger partial charge in [0.25, 0.3) is 0 Å². The number of sulfone groups is 1. The van der Waals surface area contributed by atoms with E-state index in [-0.39, 0.29) is 0 Å². The summed E-state index contributed by atoms with van der Waals surface area (Å²) in [6.45, 7) is 5.27. The van der Waals surface area contributed by atoms with Gasteiger partial charge in [-0.2, -0.15) is 0 Å². The molecular formula is C12H25NO2S. The minimum Gasteiger partial charge on any atom is -0.314 e. The second-order valence-electron chi connectivity index (χ2n) is 5.07. The quantitative estimate of drug-likeness (QED) is 0.700. The Morgan fingerprint density at radius 2 is 2.12 bits per heavy atom. The Kier molecular flexibility index (Phi) is 5.76. The fourth-order valence-corrected chi connectivity index (χ4v) is 4.07. The summed E-state index contributed by atoms with van der Waals surface area (Å²) in [5, 5.41) is 3.46. The highest BCUT2D eigenvalue weighted by molar-refractivity contribution is 7.91. The first kappa shape index (κ1) is 14.0. The molecule has 1 aliphatic rings. The first-order valence-electron chi connectivity index (χ1n) is 6.47. The van der Waals surface area contributed by atoms with Gasteiger partial charge >= 0.3 is 0 Å². The Bertz CT molecular complexity index is 287. The van der Waals surface area contributed by atoms with Gasteiger partial charge in [0.2, 0.25) is 0 Å². The Morgan fingerprint density at radius 3 is 2.69 bits per heavy atom. The van der Waals surface area contributed by atoms with Gasteiger partial charge in [-0.05, 0) is 32.2 Å². The van der Waals surface area contributed by atoms with Crippen LogP contribution in [0.2, 0.25) is 0 Å². The summed E-state index contributed by atoms with van der Waals surface area (Å²) in [7, 11) is -2.70. The van der Waals surface area contributed by atoms with E-state index >= 15 is 0 Å². The van der Waals surface area contributed by atoms with Gasteiger partial charge in [0, 0.05) is 6.04 Å². The van der Waals surface area contributed by atoms with Gasteiger partial charge in [0.1, 0.15) is 0 Å². The molecule has 96 valence electrons. The van der Waals surface area contributed by atoms with Crippen LogP contribution in [0.3, 0.4) is 0 Å². The van der Waals surface area contributed by atoms with Crippen LogP contribution >= 0.6 is 0 Å². The van der Waals surface area contributed by atoms with Crippen molar-refractivity contribution in [2.45, 2.75) is 52.0 Å². The normalized spacial score (nSPS) is 25.8. The van der Waals surface area contributed by atoms with Crippen LogP contribution in [-0.2, 0) is 9.84 Å². The topological polar surface area (TPSA) is 46.2 Å². The minimum atomic E-state index is -2.70. The van der Waals surface area contributed by atoms with Crippen LogP contribution in [0, 0.1) is 5.92 Å². The second kappa shape index (κ2) is 6.60. The van der Waals surface area contributed by atoms with E-state index in [1.807, 2.05) is 0 Å². The van der Waals surface area contributed by atoms with E-state index in [4.69, 9.17) is 0 Å². The molecule has 2 atom stereocenters. The van der Waals surface area contributed by atoms with Crippen molar-refractivity contribution in [3.05, 3.63) is 0 Å². The lowest BCUT2D eigenvalue weighted by molar-refractivity contribution is 0.437. The first-order valence-corrected chi connectivity index (χ1v) is 8.29. The molecule has 16 heavy (non-hydrogen) atoms. The van der Waals surface area contributed by atoms with E-state index in [9.17, 15) is 8.42 Å². The Labute approximate surface area is 99.9 Å². The molecule has 1 aliphatic heterocycles. The predicted molar refractivity (Wildman–Crippen MR) is 68.4 cm³/mol. The average Bonchev–Trinajstić information content (AvgIpc) is 2.56. The molecule has 1 fully saturated rings. The van der Waals surface area contributed by atoms with Gasteiger partial charge in [-0.3, -0.25) is 0 Å². The zero-order chi connectivity index (χ0) is 12.0. The van der Waals surface area contributed by atoms with Crippen molar-refractivity contribution < 1.29 is 8.42 Å². The molecule has 0 saturated carbocycles. The number of hydrogen-bond acceptors (Lipinski definition) is 3. The van der Waals surface area contributed by atoms with Gasteiger partial charge in [-0.15, -0.1) is 0 Å². The molecule has 1 saturated heterocycles. The van der Waals surface area contributed by atoms with Gasteiger partial charge in [-0.25, -0.2) is 8.42 Å². The fraction of sp³-hybridized carbons (Fsp3) is 1.00. The van der Waals surface area contributed by atoms with Crippen LogP contribution in [0.5, 0.6) is 0 Å². The second-order valence-corrected chi connectivity index (χ2v) is 7.30. The third-order valence-electron chi connectivity index (χ3n) is 3.32. The molecule has 0 radical (unpaired) electrons. The maximum absolute atomic E-state index is 11.3. The smallest absolute Gasteiger partial charge is 0.150 e. The van der Waals surface area contributed by atoms with E-state index in [0.717, 1.165) is 13.0 Å². The van der Waals surface area contributed by atoms with Crippen molar-refractivity contribution in [3.8, 4) is 0 Å². The van der Waals surface area contributed by atoms with E-state index < -0.39 is 9.84 Å². The molecule has 0 bridgehead atoms. The average molecular weight is 247 g/mol. The minimum absolute atomic E-state index is 0.346. The van der Waals surface area contributed by atoms with Crippen LogP contribution in [-0.4, -0.2) is 32.5 Å². The van der Waals surface area contributed by atoms with Gasteiger partial charge in [0.15, 0.2) is 9.84 Å². The highest BCUT2D eigenvalue weighted by atomic mass is 32.2. The molecule has 1 heterocycles. The summed E-state index contributed by atoms with van der Waals surface area (Å²) in [6.07, 6.45) is 5.87. The van der Waals surface area contributed by atoms with Crippen LogP contribution in [0.1, 0.15) is 46.0 Å². The molecular weight excluding hydrogens is 222 g/mol. The standard InChI is InChI=1S/C12H25NO2S/c1-3-4-5-6-11(2)13-9-12-7-8-16(14,15)10-12/h11-13H,3-10H2,1-2H3. The molecule has 3 nitrogen and oxygen atoms in total.